The summed E-state index contributed by atoms with van der Waals surface area (Å²) in [6.07, 6.45) is 5.66. The molecule has 1 saturated carbocycles. The smallest absolute Gasteiger partial charge is 0.119 e. The fourth-order valence-electron chi connectivity index (χ4n) is 2.71. The molecule has 2 nitrogen and oxygen atoms in total. The Kier molecular flexibility index (Phi) is 5.71. The highest BCUT2D eigenvalue weighted by atomic mass is 16.5. The number of hydrogen-bond acceptors (Lipinski definition) is 2. The van der Waals surface area contributed by atoms with Crippen molar-refractivity contribution in [2.75, 3.05) is 19.7 Å². The molecular formula is C17H27NO. The lowest BCUT2D eigenvalue weighted by molar-refractivity contribution is 0.308. The van der Waals surface area contributed by atoms with Crippen LogP contribution in [0.15, 0.2) is 24.3 Å². The predicted molar refractivity (Wildman–Crippen MR) is 80.9 cm³/mol. The third-order valence-electron chi connectivity index (χ3n) is 4.00. The normalized spacial score (nSPS) is 16.2. The van der Waals surface area contributed by atoms with Gasteiger partial charge >= 0.3 is 0 Å². The van der Waals surface area contributed by atoms with Gasteiger partial charge in [-0.3, -0.25) is 0 Å². The van der Waals surface area contributed by atoms with Gasteiger partial charge in [0.15, 0.2) is 0 Å². The van der Waals surface area contributed by atoms with Gasteiger partial charge in [0, 0.05) is 6.54 Å². The number of nitrogens with one attached hydrogen (secondary N) is 1. The summed E-state index contributed by atoms with van der Waals surface area (Å²) < 4.78 is 5.74. The molecule has 106 valence electrons. The van der Waals surface area contributed by atoms with E-state index in [0.29, 0.717) is 5.92 Å². The summed E-state index contributed by atoms with van der Waals surface area (Å²) in [6.45, 7) is 7.29. The summed E-state index contributed by atoms with van der Waals surface area (Å²) in [5.74, 6) is 2.47. The Morgan fingerprint density at radius 2 is 1.84 bits per heavy atom. The third-order valence-corrected chi connectivity index (χ3v) is 4.00. The van der Waals surface area contributed by atoms with Gasteiger partial charge in [-0.1, -0.05) is 38.8 Å². The van der Waals surface area contributed by atoms with Gasteiger partial charge in [-0.15, -0.1) is 0 Å². The largest absolute Gasteiger partial charge is 0.492 e. The first kappa shape index (κ1) is 14.4. The molecule has 0 bridgehead atoms. The second-order valence-electron chi connectivity index (χ2n) is 5.93. The van der Waals surface area contributed by atoms with Crippen LogP contribution in [-0.2, 0) is 0 Å². The van der Waals surface area contributed by atoms with Crippen molar-refractivity contribution in [3.05, 3.63) is 29.8 Å². The first-order valence-corrected chi connectivity index (χ1v) is 7.69. The average molecular weight is 261 g/mol. The maximum absolute atomic E-state index is 5.74. The van der Waals surface area contributed by atoms with Crippen LogP contribution >= 0.6 is 0 Å². The Balaban J connectivity index is 1.59. The van der Waals surface area contributed by atoms with Crippen molar-refractivity contribution in [3.8, 4) is 5.75 Å². The lowest BCUT2D eigenvalue weighted by Gasteiger charge is -2.12. The van der Waals surface area contributed by atoms with Crippen molar-refractivity contribution < 1.29 is 4.74 Å². The summed E-state index contributed by atoms with van der Waals surface area (Å²) in [5, 5.41) is 3.50. The molecule has 0 atom stereocenters. The van der Waals surface area contributed by atoms with Gasteiger partial charge in [-0.25, -0.2) is 0 Å². The van der Waals surface area contributed by atoms with E-state index in [1.807, 2.05) is 0 Å². The Morgan fingerprint density at radius 1 is 1.16 bits per heavy atom. The minimum Gasteiger partial charge on any atom is -0.492 e. The molecule has 1 fully saturated rings. The van der Waals surface area contributed by atoms with Crippen LogP contribution < -0.4 is 10.1 Å². The summed E-state index contributed by atoms with van der Waals surface area (Å²) in [5.41, 5.74) is 1.37. The van der Waals surface area contributed by atoms with Crippen LogP contribution in [0.5, 0.6) is 5.75 Å². The molecule has 0 unspecified atom stereocenters. The van der Waals surface area contributed by atoms with E-state index >= 15 is 0 Å². The molecule has 1 aromatic carbocycles. The van der Waals surface area contributed by atoms with E-state index < -0.39 is 0 Å². The van der Waals surface area contributed by atoms with Gasteiger partial charge in [0.2, 0.25) is 0 Å². The molecule has 0 radical (unpaired) electrons. The highest BCUT2D eigenvalue weighted by Gasteiger charge is 2.13. The maximum Gasteiger partial charge on any atom is 0.119 e. The molecule has 2 heteroatoms. The zero-order valence-electron chi connectivity index (χ0n) is 12.3. The van der Waals surface area contributed by atoms with E-state index in [9.17, 15) is 0 Å². The fourth-order valence-corrected chi connectivity index (χ4v) is 2.71. The SMILES string of the molecule is CC(C)c1ccc(OCCNCC2CCCC2)cc1. The molecule has 2 rings (SSSR count). The Hall–Kier alpha value is -1.02. The molecule has 19 heavy (non-hydrogen) atoms. The molecule has 0 aromatic heterocycles. The van der Waals surface area contributed by atoms with Gasteiger partial charge in [0.1, 0.15) is 12.4 Å². The van der Waals surface area contributed by atoms with Crippen LogP contribution in [0.1, 0.15) is 51.0 Å². The van der Waals surface area contributed by atoms with E-state index in [4.69, 9.17) is 4.74 Å². The third kappa shape index (κ3) is 4.87. The van der Waals surface area contributed by atoms with Gasteiger partial charge in [-0.2, -0.15) is 0 Å². The van der Waals surface area contributed by atoms with Crippen molar-refractivity contribution in [2.24, 2.45) is 5.92 Å². The monoisotopic (exact) mass is 261 g/mol. The van der Waals surface area contributed by atoms with Crippen molar-refractivity contribution in [2.45, 2.75) is 45.4 Å². The van der Waals surface area contributed by atoms with E-state index in [2.05, 4.69) is 43.4 Å². The van der Waals surface area contributed by atoms with Crippen LogP contribution in [0.2, 0.25) is 0 Å². The van der Waals surface area contributed by atoms with E-state index in [1.165, 1.54) is 31.2 Å². The molecule has 0 heterocycles. The van der Waals surface area contributed by atoms with Gasteiger partial charge < -0.3 is 10.1 Å². The molecule has 1 aliphatic rings. The first-order valence-electron chi connectivity index (χ1n) is 7.69. The standard InChI is InChI=1S/C17H27NO/c1-14(2)16-7-9-17(10-8-16)19-12-11-18-13-15-5-3-4-6-15/h7-10,14-15,18H,3-6,11-13H2,1-2H3. The molecular weight excluding hydrogens is 234 g/mol. The average Bonchev–Trinajstić information content (AvgIpc) is 2.92. The van der Waals surface area contributed by atoms with E-state index in [-0.39, 0.29) is 0 Å². The number of ether oxygens (including phenoxy) is 1. The molecule has 0 aliphatic heterocycles. The lowest BCUT2D eigenvalue weighted by Crippen LogP contribution is -2.26. The van der Waals surface area contributed by atoms with Crippen molar-refractivity contribution in [3.63, 3.8) is 0 Å². The zero-order valence-corrected chi connectivity index (χ0v) is 12.3. The van der Waals surface area contributed by atoms with Crippen LogP contribution in [0.3, 0.4) is 0 Å². The molecule has 1 N–H and O–H groups in total. The highest BCUT2D eigenvalue weighted by molar-refractivity contribution is 5.28. The fraction of sp³-hybridized carbons (Fsp3) is 0.647. The molecule has 0 saturated heterocycles. The predicted octanol–water partition coefficient (Wildman–Crippen LogP) is 3.97. The Morgan fingerprint density at radius 3 is 2.47 bits per heavy atom. The Bertz CT molecular complexity index is 352. The Labute approximate surface area is 117 Å². The second-order valence-corrected chi connectivity index (χ2v) is 5.93. The van der Waals surface area contributed by atoms with Crippen molar-refractivity contribution in [1.29, 1.82) is 0 Å². The number of hydrogen-bond donors (Lipinski definition) is 1. The molecule has 0 amide bonds. The van der Waals surface area contributed by atoms with Crippen molar-refractivity contribution >= 4 is 0 Å². The summed E-state index contributed by atoms with van der Waals surface area (Å²) in [4.78, 5) is 0. The van der Waals surface area contributed by atoms with Crippen LogP contribution in [-0.4, -0.2) is 19.7 Å². The number of benzene rings is 1. The quantitative estimate of drug-likeness (QED) is 0.750. The molecule has 1 aliphatic carbocycles. The van der Waals surface area contributed by atoms with Crippen LogP contribution in [0, 0.1) is 5.92 Å². The zero-order chi connectivity index (χ0) is 13.5. The van der Waals surface area contributed by atoms with Crippen molar-refractivity contribution in [1.82, 2.24) is 5.32 Å². The second kappa shape index (κ2) is 7.54. The molecule has 1 aromatic rings. The topological polar surface area (TPSA) is 21.3 Å². The number of rotatable bonds is 7. The summed E-state index contributed by atoms with van der Waals surface area (Å²) >= 11 is 0. The lowest BCUT2D eigenvalue weighted by atomic mass is 10.0. The first-order chi connectivity index (χ1) is 9.25. The highest BCUT2D eigenvalue weighted by Crippen LogP contribution is 2.23. The van der Waals surface area contributed by atoms with Gasteiger partial charge in [-0.05, 0) is 48.9 Å². The summed E-state index contributed by atoms with van der Waals surface area (Å²) in [7, 11) is 0. The van der Waals surface area contributed by atoms with Gasteiger partial charge in [0.05, 0.1) is 0 Å². The van der Waals surface area contributed by atoms with Crippen LogP contribution in [0.4, 0.5) is 0 Å². The van der Waals surface area contributed by atoms with E-state index in [1.54, 1.807) is 0 Å². The maximum atomic E-state index is 5.74. The van der Waals surface area contributed by atoms with Gasteiger partial charge in [0.25, 0.3) is 0 Å². The summed E-state index contributed by atoms with van der Waals surface area (Å²) in [6, 6.07) is 8.47. The van der Waals surface area contributed by atoms with E-state index in [0.717, 1.165) is 31.4 Å². The molecule has 0 spiro atoms. The minimum absolute atomic E-state index is 0.585. The van der Waals surface area contributed by atoms with Crippen LogP contribution in [0.25, 0.3) is 0 Å². The minimum atomic E-state index is 0.585.